The first kappa shape index (κ1) is 14.8. The van der Waals surface area contributed by atoms with E-state index in [0.717, 1.165) is 6.07 Å². The quantitative estimate of drug-likeness (QED) is 0.669. The summed E-state index contributed by atoms with van der Waals surface area (Å²) in [5.74, 6) is -0.645. The van der Waals surface area contributed by atoms with E-state index in [-0.39, 0.29) is 16.2 Å². The maximum absolute atomic E-state index is 13.3. The molecular formula is C11H15BrFN3O2. The monoisotopic (exact) mass is 319 g/mol. The van der Waals surface area contributed by atoms with E-state index in [9.17, 15) is 14.5 Å². The Hall–Kier alpha value is -1.21. The first-order valence-electron chi connectivity index (χ1n) is 5.36. The second-order valence-corrected chi connectivity index (χ2v) is 5.09. The van der Waals surface area contributed by atoms with Crippen LogP contribution in [0.15, 0.2) is 16.6 Å². The molecule has 1 N–H and O–H groups in total. The highest BCUT2D eigenvalue weighted by Gasteiger charge is 2.18. The zero-order valence-electron chi connectivity index (χ0n) is 10.4. The highest BCUT2D eigenvalue weighted by atomic mass is 79.9. The molecule has 0 spiro atoms. The van der Waals surface area contributed by atoms with Gasteiger partial charge in [0.1, 0.15) is 11.5 Å². The third kappa shape index (κ3) is 3.64. The standard InChI is InChI=1S/C11H15BrFN3O2/c1-7(15(2)3)6-14-10-4-8(12)9(13)5-11(10)16(17)18/h4-5,7,14H,6H2,1-3H3. The van der Waals surface area contributed by atoms with Crippen LogP contribution in [0.2, 0.25) is 0 Å². The molecule has 18 heavy (non-hydrogen) atoms. The minimum Gasteiger partial charge on any atom is -0.378 e. The number of anilines is 1. The molecule has 1 atom stereocenters. The predicted octanol–water partition coefficient (Wildman–Crippen LogP) is 2.86. The van der Waals surface area contributed by atoms with Gasteiger partial charge in [0, 0.05) is 12.6 Å². The fourth-order valence-electron chi connectivity index (χ4n) is 1.27. The third-order valence-electron chi connectivity index (χ3n) is 2.70. The number of nitro benzene ring substituents is 1. The number of hydrogen-bond acceptors (Lipinski definition) is 4. The van der Waals surface area contributed by atoms with E-state index < -0.39 is 10.7 Å². The topological polar surface area (TPSA) is 58.4 Å². The van der Waals surface area contributed by atoms with Crippen molar-refractivity contribution < 1.29 is 9.31 Å². The maximum atomic E-state index is 13.3. The highest BCUT2D eigenvalue weighted by molar-refractivity contribution is 9.10. The number of hydrogen-bond donors (Lipinski definition) is 1. The van der Waals surface area contributed by atoms with Gasteiger partial charge in [0.15, 0.2) is 0 Å². The van der Waals surface area contributed by atoms with Gasteiger partial charge in [0.05, 0.1) is 15.5 Å². The van der Waals surface area contributed by atoms with Crippen LogP contribution in [0.25, 0.3) is 0 Å². The molecule has 0 radical (unpaired) electrons. The van der Waals surface area contributed by atoms with Gasteiger partial charge in [0.2, 0.25) is 0 Å². The number of nitro groups is 1. The van der Waals surface area contributed by atoms with Crippen LogP contribution >= 0.6 is 15.9 Å². The first-order valence-corrected chi connectivity index (χ1v) is 6.16. The maximum Gasteiger partial charge on any atom is 0.295 e. The Kier molecular flexibility index (Phi) is 5.03. The predicted molar refractivity (Wildman–Crippen MR) is 72.4 cm³/mol. The highest BCUT2D eigenvalue weighted by Crippen LogP contribution is 2.30. The van der Waals surface area contributed by atoms with Gasteiger partial charge in [-0.25, -0.2) is 4.39 Å². The van der Waals surface area contributed by atoms with Crippen LogP contribution < -0.4 is 5.32 Å². The summed E-state index contributed by atoms with van der Waals surface area (Å²) in [7, 11) is 3.84. The van der Waals surface area contributed by atoms with Gasteiger partial charge < -0.3 is 10.2 Å². The van der Waals surface area contributed by atoms with Crippen LogP contribution in [-0.4, -0.2) is 36.5 Å². The summed E-state index contributed by atoms with van der Waals surface area (Å²) in [6, 6.07) is 2.50. The Bertz CT molecular complexity index is 454. The smallest absolute Gasteiger partial charge is 0.295 e. The van der Waals surface area contributed by atoms with E-state index in [2.05, 4.69) is 21.2 Å². The second-order valence-electron chi connectivity index (χ2n) is 4.23. The van der Waals surface area contributed by atoms with Crippen molar-refractivity contribution in [2.75, 3.05) is 26.0 Å². The van der Waals surface area contributed by atoms with Crippen LogP contribution in [0.1, 0.15) is 6.92 Å². The van der Waals surface area contributed by atoms with E-state index >= 15 is 0 Å². The number of rotatable bonds is 5. The fourth-order valence-corrected chi connectivity index (χ4v) is 1.61. The molecular weight excluding hydrogens is 305 g/mol. The Labute approximate surface area is 113 Å². The molecule has 0 amide bonds. The molecule has 5 nitrogen and oxygen atoms in total. The van der Waals surface area contributed by atoms with Gasteiger partial charge in [-0.1, -0.05) is 0 Å². The zero-order valence-corrected chi connectivity index (χ0v) is 12.0. The summed E-state index contributed by atoms with van der Waals surface area (Å²) in [5.41, 5.74) is 0.0450. The lowest BCUT2D eigenvalue weighted by Crippen LogP contribution is -2.31. The molecule has 1 rings (SSSR count). The average molecular weight is 320 g/mol. The van der Waals surface area contributed by atoms with Crippen LogP contribution in [0.4, 0.5) is 15.8 Å². The van der Waals surface area contributed by atoms with Crippen molar-refractivity contribution in [2.45, 2.75) is 13.0 Å². The van der Waals surface area contributed by atoms with Gasteiger partial charge in [-0.2, -0.15) is 0 Å². The number of nitrogens with zero attached hydrogens (tertiary/aromatic N) is 2. The van der Waals surface area contributed by atoms with Gasteiger partial charge in [-0.05, 0) is 43.0 Å². The first-order chi connectivity index (χ1) is 8.32. The normalized spacial score (nSPS) is 12.6. The summed E-state index contributed by atoms with van der Waals surface area (Å²) in [6.07, 6.45) is 0. The van der Waals surface area contributed by atoms with Crippen molar-refractivity contribution >= 4 is 27.3 Å². The zero-order chi connectivity index (χ0) is 13.9. The molecule has 0 fully saturated rings. The van der Waals surface area contributed by atoms with Crippen molar-refractivity contribution in [2.24, 2.45) is 0 Å². The van der Waals surface area contributed by atoms with Crippen molar-refractivity contribution in [1.82, 2.24) is 4.90 Å². The van der Waals surface area contributed by atoms with Crippen molar-refractivity contribution in [3.05, 3.63) is 32.5 Å². The largest absolute Gasteiger partial charge is 0.378 e. The molecule has 0 aliphatic heterocycles. The molecule has 0 aliphatic rings. The van der Waals surface area contributed by atoms with Gasteiger partial charge >= 0.3 is 0 Å². The lowest BCUT2D eigenvalue weighted by Gasteiger charge is -2.20. The molecule has 100 valence electrons. The summed E-state index contributed by atoms with van der Waals surface area (Å²) >= 11 is 3.02. The van der Waals surface area contributed by atoms with Gasteiger partial charge in [-0.3, -0.25) is 10.1 Å². The van der Waals surface area contributed by atoms with E-state index in [1.54, 1.807) is 0 Å². The van der Waals surface area contributed by atoms with Crippen molar-refractivity contribution in [1.29, 1.82) is 0 Å². The summed E-state index contributed by atoms with van der Waals surface area (Å²) < 4.78 is 13.5. The van der Waals surface area contributed by atoms with E-state index in [1.165, 1.54) is 6.07 Å². The Morgan fingerprint density at radius 3 is 2.67 bits per heavy atom. The van der Waals surface area contributed by atoms with Crippen molar-refractivity contribution in [3.8, 4) is 0 Å². The lowest BCUT2D eigenvalue weighted by atomic mass is 10.2. The van der Waals surface area contributed by atoms with Gasteiger partial charge in [0.25, 0.3) is 5.69 Å². The van der Waals surface area contributed by atoms with Gasteiger partial charge in [-0.15, -0.1) is 0 Å². The molecule has 0 saturated carbocycles. The molecule has 0 heterocycles. The van der Waals surface area contributed by atoms with Crippen LogP contribution in [0.3, 0.4) is 0 Å². The molecule has 0 saturated heterocycles. The van der Waals surface area contributed by atoms with Crippen LogP contribution in [-0.2, 0) is 0 Å². The minimum atomic E-state index is -0.645. The average Bonchev–Trinajstić information content (AvgIpc) is 2.29. The summed E-state index contributed by atoms with van der Waals surface area (Å²) in [6.45, 7) is 2.52. The molecule has 0 aliphatic carbocycles. The fraction of sp³-hybridized carbons (Fsp3) is 0.455. The Morgan fingerprint density at radius 2 is 2.17 bits per heavy atom. The van der Waals surface area contributed by atoms with E-state index in [1.807, 2.05) is 25.9 Å². The molecule has 1 aromatic rings. The SMILES string of the molecule is CC(CNc1cc(Br)c(F)cc1[N+](=O)[O-])N(C)C. The van der Waals surface area contributed by atoms with E-state index in [4.69, 9.17) is 0 Å². The molecule has 7 heteroatoms. The molecule has 0 bridgehead atoms. The third-order valence-corrected chi connectivity index (χ3v) is 3.31. The summed E-state index contributed by atoms with van der Waals surface area (Å²) in [5, 5.41) is 13.8. The van der Waals surface area contributed by atoms with Crippen LogP contribution in [0.5, 0.6) is 0 Å². The number of likely N-dealkylation sites (N-methyl/N-ethyl adjacent to an activating group) is 1. The number of benzene rings is 1. The van der Waals surface area contributed by atoms with Crippen LogP contribution in [0, 0.1) is 15.9 Å². The number of nitrogens with one attached hydrogen (secondary N) is 1. The van der Waals surface area contributed by atoms with E-state index in [0.29, 0.717) is 12.2 Å². The molecule has 1 unspecified atom stereocenters. The number of halogens is 2. The Balaban J connectivity index is 2.93. The molecule has 0 aromatic heterocycles. The lowest BCUT2D eigenvalue weighted by molar-refractivity contribution is -0.384. The second kappa shape index (κ2) is 6.10. The molecule has 1 aromatic carbocycles. The minimum absolute atomic E-state index is 0.202. The Morgan fingerprint density at radius 1 is 1.56 bits per heavy atom. The summed E-state index contributed by atoms with van der Waals surface area (Å²) in [4.78, 5) is 12.2. The van der Waals surface area contributed by atoms with Crippen molar-refractivity contribution in [3.63, 3.8) is 0 Å².